The number of aromatic nitrogens is 6. The van der Waals surface area contributed by atoms with Gasteiger partial charge >= 0.3 is 0 Å². The molecular formula is C27H32N8O. The van der Waals surface area contributed by atoms with Gasteiger partial charge in [-0.2, -0.15) is 0 Å². The predicted octanol–water partition coefficient (Wildman–Crippen LogP) is 4.67. The number of nitrogens with one attached hydrogen (secondary N) is 3. The molecule has 0 radical (unpaired) electrons. The zero-order valence-electron chi connectivity index (χ0n) is 21.0. The standard InChI is InChI=1S/C27H32N8O/c1-4-6-24(36)35-12-5-7-23(35)27-32-16-22(34-27)20-13-29-26(30-14-20)19-10-8-18(9-11-19)21-15-31-25(33-21)17(2)28-3/h8-11,13-17,23,28H,4-7,12H2,1-3H3,(H,31,33)(H,32,34)/t17-,23-/m0/s1. The van der Waals surface area contributed by atoms with Crippen molar-refractivity contribution in [2.45, 2.75) is 51.6 Å². The molecule has 9 heteroatoms. The van der Waals surface area contributed by atoms with Crippen LogP contribution in [0.25, 0.3) is 33.9 Å². The van der Waals surface area contributed by atoms with Crippen molar-refractivity contribution in [2.24, 2.45) is 0 Å². The molecule has 36 heavy (non-hydrogen) atoms. The second-order valence-electron chi connectivity index (χ2n) is 9.24. The van der Waals surface area contributed by atoms with Gasteiger partial charge < -0.3 is 20.2 Å². The molecule has 1 aromatic carbocycles. The highest BCUT2D eigenvalue weighted by molar-refractivity contribution is 5.77. The maximum atomic E-state index is 12.5. The molecule has 3 aromatic heterocycles. The molecule has 5 rings (SSSR count). The lowest BCUT2D eigenvalue weighted by Gasteiger charge is -2.23. The minimum Gasteiger partial charge on any atom is -0.341 e. The number of rotatable bonds is 8. The maximum absolute atomic E-state index is 12.5. The number of benzene rings is 1. The van der Waals surface area contributed by atoms with Crippen LogP contribution in [0.2, 0.25) is 0 Å². The summed E-state index contributed by atoms with van der Waals surface area (Å²) < 4.78 is 0. The first-order chi connectivity index (χ1) is 17.6. The van der Waals surface area contributed by atoms with E-state index >= 15 is 0 Å². The van der Waals surface area contributed by atoms with Gasteiger partial charge in [-0.15, -0.1) is 0 Å². The molecule has 4 heterocycles. The third-order valence-corrected chi connectivity index (χ3v) is 6.80. The Kier molecular flexibility index (Phi) is 6.90. The molecule has 1 saturated heterocycles. The van der Waals surface area contributed by atoms with Crippen LogP contribution in [-0.4, -0.2) is 54.3 Å². The van der Waals surface area contributed by atoms with Crippen molar-refractivity contribution >= 4 is 5.91 Å². The topological polar surface area (TPSA) is 115 Å². The lowest BCUT2D eigenvalue weighted by molar-refractivity contribution is -0.132. The molecule has 1 aliphatic rings. The summed E-state index contributed by atoms with van der Waals surface area (Å²) in [5, 5.41) is 3.19. The van der Waals surface area contributed by atoms with Crippen molar-refractivity contribution in [3.8, 4) is 33.9 Å². The lowest BCUT2D eigenvalue weighted by Crippen LogP contribution is -2.30. The zero-order chi connectivity index (χ0) is 25.1. The summed E-state index contributed by atoms with van der Waals surface area (Å²) >= 11 is 0. The van der Waals surface area contributed by atoms with Gasteiger partial charge in [-0.05, 0) is 38.8 Å². The third kappa shape index (κ3) is 4.79. The molecule has 1 amide bonds. The number of likely N-dealkylation sites (tertiary alicyclic amines) is 1. The highest BCUT2D eigenvalue weighted by atomic mass is 16.2. The van der Waals surface area contributed by atoms with Crippen LogP contribution < -0.4 is 5.32 Å². The first kappa shape index (κ1) is 23.9. The Morgan fingerprint density at radius 2 is 1.69 bits per heavy atom. The molecule has 4 aromatic rings. The van der Waals surface area contributed by atoms with Gasteiger partial charge in [0.1, 0.15) is 11.6 Å². The molecule has 1 aliphatic heterocycles. The average Bonchev–Trinajstić information content (AvgIpc) is 3.69. The fraction of sp³-hybridized carbons (Fsp3) is 0.370. The van der Waals surface area contributed by atoms with Crippen LogP contribution in [0.15, 0.2) is 49.1 Å². The number of carbonyl (C=O) groups excluding carboxylic acids is 1. The van der Waals surface area contributed by atoms with E-state index in [-0.39, 0.29) is 18.0 Å². The molecule has 2 atom stereocenters. The van der Waals surface area contributed by atoms with Gasteiger partial charge in [-0.1, -0.05) is 31.2 Å². The molecule has 9 nitrogen and oxygen atoms in total. The van der Waals surface area contributed by atoms with E-state index in [1.165, 1.54) is 0 Å². The highest BCUT2D eigenvalue weighted by Crippen LogP contribution is 2.32. The second-order valence-corrected chi connectivity index (χ2v) is 9.24. The van der Waals surface area contributed by atoms with Crippen molar-refractivity contribution in [1.29, 1.82) is 0 Å². The van der Waals surface area contributed by atoms with Crippen LogP contribution in [0.1, 0.15) is 63.3 Å². The van der Waals surface area contributed by atoms with Gasteiger partial charge in [0.25, 0.3) is 0 Å². The highest BCUT2D eigenvalue weighted by Gasteiger charge is 2.31. The van der Waals surface area contributed by atoms with Gasteiger partial charge in [0.15, 0.2) is 5.82 Å². The summed E-state index contributed by atoms with van der Waals surface area (Å²) in [6, 6.07) is 8.30. The Balaban J connectivity index is 1.29. The van der Waals surface area contributed by atoms with Gasteiger partial charge in [0.05, 0.1) is 35.9 Å². The largest absolute Gasteiger partial charge is 0.341 e. The molecule has 0 saturated carbocycles. The minimum absolute atomic E-state index is 0.0175. The zero-order valence-corrected chi connectivity index (χ0v) is 21.0. The quantitative estimate of drug-likeness (QED) is 0.335. The van der Waals surface area contributed by atoms with Gasteiger partial charge in [-0.3, -0.25) is 4.79 Å². The Labute approximate surface area is 210 Å². The molecule has 1 fully saturated rings. The number of carbonyl (C=O) groups is 1. The lowest BCUT2D eigenvalue weighted by atomic mass is 10.1. The fourth-order valence-electron chi connectivity index (χ4n) is 4.61. The van der Waals surface area contributed by atoms with Gasteiger partial charge in [0, 0.05) is 36.5 Å². The van der Waals surface area contributed by atoms with Crippen molar-refractivity contribution in [3.05, 3.63) is 60.7 Å². The summed E-state index contributed by atoms with van der Waals surface area (Å²) in [5.74, 6) is 2.60. The van der Waals surface area contributed by atoms with Crippen molar-refractivity contribution < 1.29 is 4.79 Å². The second kappa shape index (κ2) is 10.4. The summed E-state index contributed by atoms with van der Waals surface area (Å²) in [6.45, 7) is 4.90. The Bertz CT molecular complexity index is 1310. The summed E-state index contributed by atoms with van der Waals surface area (Å²) in [6.07, 6.45) is 10.6. The van der Waals surface area contributed by atoms with E-state index < -0.39 is 0 Å². The third-order valence-electron chi connectivity index (χ3n) is 6.80. The molecule has 0 spiro atoms. The fourth-order valence-corrected chi connectivity index (χ4v) is 4.61. The summed E-state index contributed by atoms with van der Waals surface area (Å²) in [4.78, 5) is 39.4. The predicted molar refractivity (Wildman–Crippen MR) is 139 cm³/mol. The number of hydrogen-bond acceptors (Lipinski definition) is 6. The summed E-state index contributed by atoms with van der Waals surface area (Å²) in [5.41, 5.74) is 4.69. The SMILES string of the molecule is CCCC(=O)N1CCC[C@H]1c1ncc(-c2cnc(-c3ccc(-c4cnc([C@H](C)NC)[nH]4)cc3)nc2)[nH]1. The number of imidazole rings is 2. The number of nitrogens with zero attached hydrogens (tertiary/aromatic N) is 5. The van der Waals surface area contributed by atoms with Crippen molar-refractivity contribution in [3.63, 3.8) is 0 Å². The van der Waals surface area contributed by atoms with E-state index in [1.807, 2.05) is 61.7 Å². The number of aromatic amines is 2. The van der Waals surface area contributed by atoms with E-state index in [9.17, 15) is 4.79 Å². The summed E-state index contributed by atoms with van der Waals surface area (Å²) in [7, 11) is 1.91. The van der Waals surface area contributed by atoms with Crippen LogP contribution in [0.3, 0.4) is 0 Å². The molecule has 0 aliphatic carbocycles. The molecule has 3 N–H and O–H groups in total. The smallest absolute Gasteiger partial charge is 0.223 e. The number of amides is 1. The maximum Gasteiger partial charge on any atom is 0.223 e. The van der Waals surface area contributed by atoms with E-state index in [4.69, 9.17) is 0 Å². The van der Waals surface area contributed by atoms with Crippen molar-refractivity contribution in [1.82, 2.24) is 40.1 Å². The van der Waals surface area contributed by atoms with Crippen LogP contribution in [-0.2, 0) is 4.79 Å². The molecular weight excluding hydrogens is 452 g/mol. The molecule has 186 valence electrons. The van der Waals surface area contributed by atoms with E-state index in [0.717, 1.165) is 65.5 Å². The van der Waals surface area contributed by atoms with E-state index in [2.05, 4.69) is 42.1 Å². The normalized spacial score (nSPS) is 16.4. The minimum atomic E-state index is 0.0175. The number of hydrogen-bond donors (Lipinski definition) is 3. The number of H-pyrrole nitrogens is 2. The first-order valence-corrected chi connectivity index (χ1v) is 12.6. The van der Waals surface area contributed by atoms with Crippen LogP contribution >= 0.6 is 0 Å². The van der Waals surface area contributed by atoms with Crippen LogP contribution in [0, 0.1) is 0 Å². The monoisotopic (exact) mass is 484 g/mol. The first-order valence-electron chi connectivity index (χ1n) is 12.6. The van der Waals surface area contributed by atoms with E-state index in [1.54, 1.807) is 6.20 Å². The van der Waals surface area contributed by atoms with E-state index in [0.29, 0.717) is 12.2 Å². The van der Waals surface area contributed by atoms with Gasteiger partial charge in [0.2, 0.25) is 5.91 Å². The Morgan fingerprint density at radius 3 is 2.42 bits per heavy atom. The molecule has 0 bridgehead atoms. The Hall–Kier alpha value is -3.85. The average molecular weight is 485 g/mol. The van der Waals surface area contributed by atoms with Crippen LogP contribution in [0.5, 0.6) is 0 Å². The Morgan fingerprint density at radius 1 is 1.00 bits per heavy atom. The molecule has 0 unspecified atom stereocenters. The van der Waals surface area contributed by atoms with Crippen LogP contribution in [0.4, 0.5) is 0 Å². The van der Waals surface area contributed by atoms with Gasteiger partial charge in [-0.25, -0.2) is 19.9 Å². The van der Waals surface area contributed by atoms with Crippen molar-refractivity contribution in [2.75, 3.05) is 13.6 Å².